The molecule has 0 amide bonds. The Bertz CT molecular complexity index is 791. The van der Waals surface area contributed by atoms with Gasteiger partial charge in [0.15, 0.2) is 11.5 Å². The van der Waals surface area contributed by atoms with Crippen molar-refractivity contribution in [3.05, 3.63) is 23.8 Å². The number of fused-ring (bicyclic) bond motifs is 5. The van der Waals surface area contributed by atoms with Crippen LogP contribution in [0.15, 0.2) is 23.8 Å². The highest BCUT2D eigenvalue weighted by Gasteiger charge is 2.73. The molecule has 3 saturated carbocycles. The molecule has 0 radical (unpaired) electrons. The van der Waals surface area contributed by atoms with Gasteiger partial charge in [0.05, 0.1) is 0 Å². The van der Waals surface area contributed by atoms with Crippen molar-refractivity contribution in [3.63, 3.8) is 0 Å². The average Bonchev–Trinajstić information content (AvgIpc) is 2.88. The Kier molecular flexibility index (Phi) is 4.47. The highest BCUT2D eigenvalue weighted by Crippen LogP contribution is 2.71. The summed E-state index contributed by atoms with van der Waals surface area (Å²) >= 11 is 1.87. The molecule has 1 unspecified atom stereocenters. The molecule has 0 aromatic heterocycles. The van der Waals surface area contributed by atoms with Crippen LogP contribution >= 0.6 is 11.8 Å². The summed E-state index contributed by atoms with van der Waals surface area (Å²) < 4.78 is 23.2. The molecule has 0 N–H and O–H groups in total. The summed E-state index contributed by atoms with van der Waals surface area (Å²) in [4.78, 5) is 24.0. The third kappa shape index (κ3) is 2.34. The zero-order chi connectivity index (χ0) is 20.5. The lowest BCUT2D eigenvalue weighted by atomic mass is 9.45. The second kappa shape index (κ2) is 6.20. The predicted octanol–water partition coefficient (Wildman–Crippen LogP) is 5.05. The van der Waals surface area contributed by atoms with Crippen LogP contribution in [0.4, 0.5) is 4.39 Å². The van der Waals surface area contributed by atoms with E-state index in [1.807, 2.05) is 18.7 Å². The summed E-state index contributed by atoms with van der Waals surface area (Å²) in [6, 6.07) is 0. The number of allylic oxidation sites excluding steroid dienone is 4. The van der Waals surface area contributed by atoms with Gasteiger partial charge < -0.3 is 4.74 Å². The molecule has 5 heteroatoms. The number of rotatable bonds is 2. The average molecular weight is 407 g/mol. The molecule has 0 saturated heterocycles. The summed E-state index contributed by atoms with van der Waals surface area (Å²) in [7, 11) is 0. The first-order valence-electron chi connectivity index (χ1n) is 10.4. The number of esters is 1. The lowest BCUT2D eigenvalue weighted by Gasteiger charge is -2.63. The van der Waals surface area contributed by atoms with Gasteiger partial charge in [0.1, 0.15) is 6.10 Å². The third-order valence-electron chi connectivity index (χ3n) is 8.91. The lowest BCUT2D eigenvalue weighted by Crippen LogP contribution is -2.68. The molecule has 4 aliphatic carbocycles. The number of thioether (sulfide) groups is 1. The number of ketones is 1. The zero-order valence-corrected chi connectivity index (χ0v) is 18.3. The first-order valence-corrected chi connectivity index (χ1v) is 11.6. The topological polar surface area (TPSA) is 43.4 Å². The number of carbonyl (C=O) groups excluding carboxylic acids is 2. The highest BCUT2D eigenvalue weighted by atomic mass is 32.2. The van der Waals surface area contributed by atoms with Crippen LogP contribution in [0, 0.1) is 22.7 Å². The Morgan fingerprint density at radius 3 is 2.61 bits per heavy atom. The van der Waals surface area contributed by atoms with Gasteiger partial charge >= 0.3 is 5.97 Å². The Hall–Kier alpha value is -1.10. The Morgan fingerprint density at radius 1 is 1.25 bits per heavy atom. The van der Waals surface area contributed by atoms with Gasteiger partial charge in [0, 0.05) is 23.0 Å². The monoisotopic (exact) mass is 406 g/mol. The van der Waals surface area contributed by atoms with Crippen LogP contribution in [0.2, 0.25) is 0 Å². The maximum Gasteiger partial charge on any atom is 0.303 e. The van der Waals surface area contributed by atoms with Crippen LogP contribution in [0.5, 0.6) is 0 Å². The summed E-state index contributed by atoms with van der Waals surface area (Å²) in [5, 5.41) is 0. The van der Waals surface area contributed by atoms with Crippen molar-refractivity contribution in [2.45, 2.75) is 76.3 Å². The van der Waals surface area contributed by atoms with Crippen molar-refractivity contribution in [1.82, 2.24) is 0 Å². The van der Waals surface area contributed by atoms with E-state index in [1.54, 1.807) is 12.2 Å². The van der Waals surface area contributed by atoms with Gasteiger partial charge in [-0.2, -0.15) is 11.8 Å². The van der Waals surface area contributed by atoms with Crippen molar-refractivity contribution in [1.29, 1.82) is 0 Å². The molecule has 154 valence electrons. The van der Waals surface area contributed by atoms with Gasteiger partial charge in [-0.15, -0.1) is 0 Å². The number of alkyl halides is 1. The van der Waals surface area contributed by atoms with E-state index in [2.05, 4.69) is 20.1 Å². The number of carbonyl (C=O) groups is 2. The SMILES string of the molecule is CS[C@@]1(C)CC[C@H]2[C@@H]3CCC4=CC(=O)C=C[C@]4(C)C3(F)[C@@H](OC(C)=O)C[C@@]21C. The van der Waals surface area contributed by atoms with E-state index in [0.717, 1.165) is 24.8 Å². The first kappa shape index (κ1) is 20.2. The second-order valence-electron chi connectivity index (χ2n) is 9.82. The summed E-state index contributed by atoms with van der Waals surface area (Å²) in [5.41, 5.74) is -1.82. The molecular formula is C23H31FO3S. The molecule has 3 nitrogen and oxygen atoms in total. The summed E-state index contributed by atoms with van der Waals surface area (Å²) in [6.45, 7) is 7.85. The Balaban J connectivity index is 1.87. The standard InChI is InChI=1S/C23H31FO3S/c1-14(25)27-19-13-21(3)17(9-11-22(21,4)28-5)18-7-6-15-12-16(26)8-10-20(15,2)23(18,19)24/h8,10,12,17-19H,6-7,9,11,13H2,1-5H3/t17-,18-,19-,20-,21-,22-,23?/m0/s1. The lowest BCUT2D eigenvalue weighted by molar-refractivity contribution is -0.210. The van der Waals surface area contributed by atoms with Crippen molar-refractivity contribution in [2.24, 2.45) is 22.7 Å². The number of halogens is 1. The minimum Gasteiger partial charge on any atom is -0.459 e. The molecule has 28 heavy (non-hydrogen) atoms. The smallest absolute Gasteiger partial charge is 0.303 e. The van der Waals surface area contributed by atoms with Crippen LogP contribution in [0.25, 0.3) is 0 Å². The summed E-state index contributed by atoms with van der Waals surface area (Å²) in [6.07, 6.45) is 10.2. The minimum atomic E-state index is -1.69. The van der Waals surface area contributed by atoms with Gasteiger partial charge in [-0.05, 0) is 75.7 Å². The number of hydrogen-bond donors (Lipinski definition) is 0. The Labute approximate surface area is 171 Å². The molecule has 3 fully saturated rings. The quantitative estimate of drug-likeness (QED) is 0.602. The molecule has 7 atom stereocenters. The van der Waals surface area contributed by atoms with Crippen LogP contribution in [-0.4, -0.2) is 34.5 Å². The van der Waals surface area contributed by atoms with Crippen LogP contribution in [0.3, 0.4) is 0 Å². The van der Waals surface area contributed by atoms with E-state index in [4.69, 9.17) is 4.74 Å². The van der Waals surface area contributed by atoms with E-state index >= 15 is 4.39 Å². The molecule has 0 aromatic rings. The molecular weight excluding hydrogens is 375 g/mol. The van der Waals surface area contributed by atoms with Crippen LogP contribution < -0.4 is 0 Å². The van der Waals surface area contributed by atoms with Crippen molar-refractivity contribution < 1.29 is 18.7 Å². The van der Waals surface area contributed by atoms with Crippen molar-refractivity contribution in [3.8, 4) is 0 Å². The van der Waals surface area contributed by atoms with Gasteiger partial charge in [0.25, 0.3) is 0 Å². The third-order valence-corrected chi connectivity index (χ3v) is 10.5. The van der Waals surface area contributed by atoms with Gasteiger partial charge in [-0.1, -0.05) is 18.6 Å². The van der Waals surface area contributed by atoms with Crippen molar-refractivity contribution >= 4 is 23.5 Å². The maximum absolute atomic E-state index is 17.4. The van der Waals surface area contributed by atoms with Crippen molar-refractivity contribution in [2.75, 3.05) is 6.26 Å². The van der Waals surface area contributed by atoms with E-state index < -0.39 is 23.2 Å². The van der Waals surface area contributed by atoms with E-state index in [-0.39, 0.29) is 27.8 Å². The Morgan fingerprint density at radius 2 is 1.96 bits per heavy atom. The van der Waals surface area contributed by atoms with Crippen LogP contribution in [0.1, 0.15) is 59.8 Å². The van der Waals surface area contributed by atoms with E-state index in [1.165, 1.54) is 13.0 Å². The van der Waals surface area contributed by atoms with Crippen LogP contribution in [-0.2, 0) is 14.3 Å². The molecule has 4 rings (SSSR count). The molecule has 0 aromatic carbocycles. The maximum atomic E-state index is 17.4. The second-order valence-corrected chi connectivity index (χ2v) is 11.1. The minimum absolute atomic E-state index is 0.0484. The first-order chi connectivity index (χ1) is 13.0. The van der Waals surface area contributed by atoms with E-state index in [9.17, 15) is 9.59 Å². The fraction of sp³-hybridized carbons (Fsp3) is 0.739. The number of hydrogen-bond acceptors (Lipinski definition) is 4. The fourth-order valence-electron chi connectivity index (χ4n) is 7.04. The van der Waals surface area contributed by atoms with Gasteiger partial charge in [0.2, 0.25) is 0 Å². The predicted molar refractivity (Wildman–Crippen MR) is 110 cm³/mol. The fourth-order valence-corrected chi connectivity index (χ4v) is 8.06. The number of ether oxygens (including phenoxy) is 1. The zero-order valence-electron chi connectivity index (χ0n) is 17.5. The molecule has 0 spiro atoms. The molecule has 0 heterocycles. The summed E-state index contributed by atoms with van der Waals surface area (Å²) in [5.74, 6) is -0.423. The molecule has 0 aliphatic heterocycles. The largest absolute Gasteiger partial charge is 0.459 e. The van der Waals surface area contributed by atoms with Gasteiger partial charge in [-0.3, -0.25) is 9.59 Å². The van der Waals surface area contributed by atoms with Gasteiger partial charge in [-0.25, -0.2) is 4.39 Å². The highest BCUT2D eigenvalue weighted by molar-refractivity contribution is 8.00. The molecule has 4 aliphatic rings. The normalized spacial score (nSPS) is 49.7. The van der Waals surface area contributed by atoms with E-state index in [0.29, 0.717) is 12.8 Å². The molecule has 0 bridgehead atoms.